The summed E-state index contributed by atoms with van der Waals surface area (Å²) in [5, 5.41) is 14.3. The van der Waals surface area contributed by atoms with Gasteiger partial charge >= 0.3 is 0 Å². The van der Waals surface area contributed by atoms with Crippen LogP contribution in [0.25, 0.3) is 0 Å². The van der Waals surface area contributed by atoms with E-state index in [1.54, 1.807) is 23.0 Å². The summed E-state index contributed by atoms with van der Waals surface area (Å²) >= 11 is 0. The van der Waals surface area contributed by atoms with Gasteiger partial charge in [0.2, 0.25) is 0 Å². The molecule has 1 N–H and O–H groups in total. The predicted molar refractivity (Wildman–Crippen MR) is 92.9 cm³/mol. The summed E-state index contributed by atoms with van der Waals surface area (Å²) in [6, 6.07) is 6.97. The molecule has 1 aromatic heterocycles. The first kappa shape index (κ1) is 17.8. The molecule has 6 nitrogen and oxygen atoms in total. The number of piperazine rings is 1. The molecule has 1 aliphatic heterocycles. The number of ether oxygens (including phenoxy) is 1. The van der Waals surface area contributed by atoms with E-state index in [4.69, 9.17) is 4.74 Å². The highest BCUT2D eigenvalue weighted by molar-refractivity contribution is 5.29. The number of nitrogens with zero attached hydrogens (tertiary/aromatic N) is 4. The van der Waals surface area contributed by atoms with Crippen molar-refractivity contribution < 1.29 is 14.2 Å². The Labute approximate surface area is 147 Å². The minimum absolute atomic E-state index is 0.278. The molecular formula is C18H25FN4O2. The third-order valence-corrected chi connectivity index (χ3v) is 4.51. The van der Waals surface area contributed by atoms with Crippen LogP contribution in [0.2, 0.25) is 0 Å². The SMILES string of the molecule is COc1ccc(CN2CCN(C[C@@H](O)Cn3cccn3)CC2)cc1F. The molecule has 1 atom stereocenters. The first-order valence-electron chi connectivity index (χ1n) is 8.56. The molecule has 0 amide bonds. The predicted octanol–water partition coefficient (Wildman–Crippen LogP) is 1.21. The number of aliphatic hydroxyl groups is 1. The molecule has 1 saturated heterocycles. The van der Waals surface area contributed by atoms with Gasteiger partial charge in [0.1, 0.15) is 0 Å². The van der Waals surface area contributed by atoms with Gasteiger partial charge in [-0.2, -0.15) is 5.10 Å². The Balaban J connectivity index is 1.43. The number of halogens is 1. The topological polar surface area (TPSA) is 53.8 Å². The van der Waals surface area contributed by atoms with E-state index < -0.39 is 6.10 Å². The van der Waals surface area contributed by atoms with Gasteiger partial charge < -0.3 is 9.84 Å². The van der Waals surface area contributed by atoms with Crippen LogP contribution in [0.15, 0.2) is 36.7 Å². The van der Waals surface area contributed by atoms with Crippen molar-refractivity contribution in [3.8, 4) is 5.75 Å². The quantitative estimate of drug-likeness (QED) is 0.815. The van der Waals surface area contributed by atoms with Gasteiger partial charge in [-0.3, -0.25) is 14.5 Å². The van der Waals surface area contributed by atoms with Crippen LogP contribution >= 0.6 is 0 Å². The van der Waals surface area contributed by atoms with E-state index in [9.17, 15) is 9.50 Å². The molecule has 0 radical (unpaired) electrons. The molecule has 3 rings (SSSR count). The van der Waals surface area contributed by atoms with E-state index in [1.807, 2.05) is 18.3 Å². The van der Waals surface area contributed by atoms with Gasteiger partial charge in [-0.25, -0.2) is 4.39 Å². The monoisotopic (exact) mass is 348 g/mol. The maximum Gasteiger partial charge on any atom is 0.165 e. The molecule has 2 heterocycles. The van der Waals surface area contributed by atoms with E-state index in [0.29, 0.717) is 13.1 Å². The van der Waals surface area contributed by atoms with Gasteiger partial charge in [-0.05, 0) is 23.8 Å². The molecular weight excluding hydrogens is 323 g/mol. The van der Waals surface area contributed by atoms with E-state index in [2.05, 4.69) is 14.9 Å². The van der Waals surface area contributed by atoms with Crippen LogP contribution in [-0.4, -0.2) is 70.6 Å². The second-order valence-corrected chi connectivity index (χ2v) is 6.43. The highest BCUT2D eigenvalue weighted by atomic mass is 19.1. The van der Waals surface area contributed by atoms with Gasteiger partial charge in [-0.15, -0.1) is 0 Å². The summed E-state index contributed by atoms with van der Waals surface area (Å²) in [6.45, 7) is 5.49. The maximum absolute atomic E-state index is 13.8. The Kier molecular flexibility index (Phi) is 6.01. The molecule has 0 aliphatic carbocycles. The van der Waals surface area contributed by atoms with Crippen molar-refractivity contribution in [1.29, 1.82) is 0 Å². The molecule has 2 aromatic rings. The fourth-order valence-electron chi connectivity index (χ4n) is 3.18. The molecule has 1 aromatic carbocycles. The fraction of sp³-hybridized carbons (Fsp3) is 0.500. The van der Waals surface area contributed by atoms with Gasteiger partial charge in [0, 0.05) is 51.7 Å². The van der Waals surface area contributed by atoms with Crippen molar-refractivity contribution in [3.05, 3.63) is 48.0 Å². The Hall–Kier alpha value is -1.96. The smallest absolute Gasteiger partial charge is 0.165 e. The second kappa shape index (κ2) is 8.42. The Morgan fingerprint density at radius 3 is 2.60 bits per heavy atom. The van der Waals surface area contributed by atoms with Gasteiger partial charge in [0.25, 0.3) is 0 Å². The number of aromatic nitrogens is 2. The molecule has 1 fully saturated rings. The van der Waals surface area contributed by atoms with E-state index in [0.717, 1.165) is 38.3 Å². The summed E-state index contributed by atoms with van der Waals surface area (Å²) < 4.78 is 20.5. The second-order valence-electron chi connectivity index (χ2n) is 6.43. The molecule has 0 unspecified atom stereocenters. The minimum Gasteiger partial charge on any atom is -0.494 e. The zero-order valence-electron chi connectivity index (χ0n) is 14.5. The van der Waals surface area contributed by atoms with Crippen molar-refractivity contribution >= 4 is 0 Å². The minimum atomic E-state index is -0.429. The molecule has 7 heteroatoms. The van der Waals surface area contributed by atoms with Crippen LogP contribution in [0.3, 0.4) is 0 Å². The average Bonchev–Trinajstić information content (AvgIpc) is 3.10. The van der Waals surface area contributed by atoms with Crippen molar-refractivity contribution in [2.24, 2.45) is 0 Å². The molecule has 25 heavy (non-hydrogen) atoms. The standard InChI is InChI=1S/C18H25FN4O2/c1-25-18-4-3-15(11-17(18)19)12-21-7-9-22(10-8-21)13-16(24)14-23-6-2-5-20-23/h2-6,11,16,24H,7-10,12-14H2,1H3/t16-/m1/s1. The maximum atomic E-state index is 13.8. The molecule has 0 bridgehead atoms. The van der Waals surface area contributed by atoms with E-state index in [1.165, 1.54) is 7.11 Å². The van der Waals surface area contributed by atoms with E-state index >= 15 is 0 Å². The van der Waals surface area contributed by atoms with Gasteiger partial charge in [0.05, 0.1) is 19.8 Å². The Bertz CT molecular complexity index is 657. The largest absolute Gasteiger partial charge is 0.494 e. The number of aliphatic hydroxyl groups excluding tert-OH is 1. The van der Waals surface area contributed by atoms with Crippen LogP contribution in [0.4, 0.5) is 4.39 Å². The van der Waals surface area contributed by atoms with Crippen LogP contribution in [0.1, 0.15) is 5.56 Å². The van der Waals surface area contributed by atoms with Crippen molar-refractivity contribution in [1.82, 2.24) is 19.6 Å². The highest BCUT2D eigenvalue weighted by Gasteiger charge is 2.20. The molecule has 1 aliphatic rings. The lowest BCUT2D eigenvalue weighted by atomic mass is 10.1. The lowest BCUT2D eigenvalue weighted by Crippen LogP contribution is -2.48. The average molecular weight is 348 g/mol. The number of hydrogen-bond acceptors (Lipinski definition) is 5. The lowest BCUT2D eigenvalue weighted by Gasteiger charge is -2.35. The third kappa shape index (κ3) is 5.01. The van der Waals surface area contributed by atoms with Crippen molar-refractivity contribution in [2.75, 3.05) is 39.8 Å². The van der Waals surface area contributed by atoms with Crippen LogP contribution in [-0.2, 0) is 13.1 Å². The zero-order valence-corrected chi connectivity index (χ0v) is 14.5. The van der Waals surface area contributed by atoms with Crippen molar-refractivity contribution in [2.45, 2.75) is 19.2 Å². The summed E-state index contributed by atoms with van der Waals surface area (Å²) in [7, 11) is 1.47. The molecule has 136 valence electrons. The van der Waals surface area contributed by atoms with Crippen molar-refractivity contribution in [3.63, 3.8) is 0 Å². The lowest BCUT2D eigenvalue weighted by molar-refractivity contribution is 0.0605. The summed E-state index contributed by atoms with van der Waals surface area (Å²) in [4.78, 5) is 4.57. The number of rotatable bonds is 7. The third-order valence-electron chi connectivity index (χ3n) is 4.51. The summed E-state index contributed by atoms with van der Waals surface area (Å²) in [5.41, 5.74) is 0.950. The Morgan fingerprint density at radius 2 is 1.96 bits per heavy atom. The highest BCUT2D eigenvalue weighted by Crippen LogP contribution is 2.19. The number of hydrogen-bond donors (Lipinski definition) is 1. The van der Waals surface area contributed by atoms with E-state index in [-0.39, 0.29) is 11.6 Å². The summed E-state index contributed by atoms with van der Waals surface area (Å²) in [5.74, 6) is -0.0416. The normalized spacial score (nSPS) is 17.6. The number of methoxy groups -OCH3 is 1. The van der Waals surface area contributed by atoms with Crippen LogP contribution in [0.5, 0.6) is 5.75 Å². The van der Waals surface area contributed by atoms with Gasteiger partial charge in [-0.1, -0.05) is 6.07 Å². The fourth-order valence-corrected chi connectivity index (χ4v) is 3.18. The zero-order chi connectivity index (χ0) is 17.6. The Morgan fingerprint density at radius 1 is 1.20 bits per heavy atom. The first-order valence-corrected chi connectivity index (χ1v) is 8.56. The number of benzene rings is 1. The van der Waals surface area contributed by atoms with Gasteiger partial charge in [0.15, 0.2) is 11.6 Å². The molecule has 0 spiro atoms. The summed E-state index contributed by atoms with van der Waals surface area (Å²) in [6.07, 6.45) is 3.14. The number of β-amino-alcohol motifs (C(OH)–C–C–N with tert-alkyl or cyclic N) is 1. The molecule has 0 saturated carbocycles. The van der Waals surface area contributed by atoms with Crippen LogP contribution < -0.4 is 4.74 Å². The van der Waals surface area contributed by atoms with Crippen LogP contribution in [0, 0.1) is 5.82 Å². The first-order chi connectivity index (χ1) is 12.1.